The van der Waals surface area contributed by atoms with E-state index in [0.717, 1.165) is 11.1 Å². The number of aryl methyl sites for hydroxylation is 1. The highest BCUT2D eigenvalue weighted by Gasteiger charge is 2.50. The number of benzene rings is 2. The molecule has 6 unspecified atom stereocenters. The fourth-order valence-corrected chi connectivity index (χ4v) is 3.67. The number of hydrogen-bond acceptors (Lipinski definition) is 6. The average molecular weight is 399 g/mol. The summed E-state index contributed by atoms with van der Waals surface area (Å²) in [5, 5.41) is 13.8. The number of nitrogens with one attached hydrogen (secondary N) is 1. The van der Waals surface area contributed by atoms with E-state index >= 15 is 0 Å². The number of carbonyl (C=O) groups excluding carboxylic acids is 1. The second-order valence-corrected chi connectivity index (χ2v) is 7.32. The van der Waals surface area contributed by atoms with Crippen molar-refractivity contribution >= 4 is 5.91 Å². The van der Waals surface area contributed by atoms with E-state index < -0.39 is 36.9 Å². The molecule has 0 radical (unpaired) electrons. The van der Waals surface area contributed by atoms with Gasteiger partial charge in [0.05, 0.1) is 6.61 Å². The van der Waals surface area contributed by atoms with Gasteiger partial charge in [-0.1, -0.05) is 48.5 Å². The van der Waals surface area contributed by atoms with Crippen LogP contribution < -0.4 is 10.1 Å². The monoisotopic (exact) mass is 399 g/mol. The maximum atomic E-state index is 11.8. The van der Waals surface area contributed by atoms with Crippen molar-refractivity contribution in [3.8, 4) is 5.75 Å². The molecule has 7 heteroatoms. The van der Waals surface area contributed by atoms with Crippen LogP contribution in [0, 0.1) is 6.92 Å². The lowest BCUT2D eigenvalue weighted by Gasteiger charge is -2.47. The quantitative estimate of drug-likeness (QED) is 0.819. The minimum absolute atomic E-state index is 0.238. The third-order valence-electron chi connectivity index (χ3n) is 5.14. The molecule has 2 heterocycles. The highest BCUT2D eigenvalue weighted by molar-refractivity contribution is 5.73. The van der Waals surface area contributed by atoms with Gasteiger partial charge >= 0.3 is 0 Å². The average Bonchev–Trinajstić information content (AvgIpc) is 2.73. The summed E-state index contributed by atoms with van der Waals surface area (Å²) in [5.74, 6) is 0.333. The van der Waals surface area contributed by atoms with Crippen LogP contribution >= 0.6 is 0 Å². The van der Waals surface area contributed by atoms with Crippen LogP contribution in [-0.2, 0) is 19.0 Å². The molecule has 29 heavy (non-hydrogen) atoms. The van der Waals surface area contributed by atoms with Crippen molar-refractivity contribution < 1.29 is 28.8 Å². The molecule has 0 aromatic heterocycles. The molecule has 2 aliphatic rings. The van der Waals surface area contributed by atoms with Gasteiger partial charge in [-0.3, -0.25) is 4.79 Å². The van der Waals surface area contributed by atoms with Crippen LogP contribution in [0.25, 0.3) is 0 Å². The number of fused-ring (bicyclic) bond motifs is 1. The van der Waals surface area contributed by atoms with Gasteiger partial charge in [0, 0.05) is 12.5 Å². The maximum absolute atomic E-state index is 11.8. The van der Waals surface area contributed by atoms with Gasteiger partial charge in [0.25, 0.3) is 0 Å². The molecule has 1 amide bonds. The fraction of sp³-hybridized carbons (Fsp3) is 0.409. The molecule has 2 aliphatic heterocycles. The van der Waals surface area contributed by atoms with E-state index in [9.17, 15) is 9.90 Å². The molecule has 2 aromatic rings. The van der Waals surface area contributed by atoms with E-state index in [1.54, 1.807) is 0 Å². The van der Waals surface area contributed by atoms with Crippen LogP contribution in [0.3, 0.4) is 0 Å². The summed E-state index contributed by atoms with van der Waals surface area (Å²) in [6.45, 7) is 3.55. The molecule has 2 saturated heterocycles. The molecule has 0 saturated carbocycles. The molecular weight excluding hydrogens is 374 g/mol. The minimum Gasteiger partial charge on any atom is -0.462 e. The zero-order chi connectivity index (χ0) is 20.4. The van der Waals surface area contributed by atoms with Gasteiger partial charge in [-0.05, 0) is 18.6 Å². The minimum atomic E-state index is -1.03. The number of rotatable bonds is 4. The molecule has 0 bridgehead atoms. The van der Waals surface area contributed by atoms with E-state index in [2.05, 4.69) is 5.32 Å². The highest BCUT2D eigenvalue weighted by Crippen LogP contribution is 2.35. The summed E-state index contributed by atoms with van der Waals surface area (Å²) in [7, 11) is 0. The zero-order valence-corrected chi connectivity index (χ0v) is 16.4. The molecule has 2 N–H and O–H groups in total. The molecule has 0 spiro atoms. The Bertz CT molecular complexity index is 844. The largest absolute Gasteiger partial charge is 0.462 e. The van der Waals surface area contributed by atoms with Gasteiger partial charge in [0.1, 0.15) is 30.1 Å². The topological polar surface area (TPSA) is 86.3 Å². The number of amides is 1. The number of hydrogen-bond donors (Lipinski definition) is 2. The van der Waals surface area contributed by atoms with Gasteiger partial charge in [-0.15, -0.1) is 0 Å². The molecule has 4 rings (SSSR count). The van der Waals surface area contributed by atoms with Crippen LogP contribution in [0.5, 0.6) is 5.75 Å². The lowest BCUT2D eigenvalue weighted by Crippen LogP contribution is -2.67. The van der Waals surface area contributed by atoms with Crippen LogP contribution in [0.4, 0.5) is 0 Å². The van der Waals surface area contributed by atoms with Crippen LogP contribution in [0.15, 0.2) is 54.6 Å². The predicted octanol–water partition coefficient (Wildman–Crippen LogP) is 2.08. The van der Waals surface area contributed by atoms with Gasteiger partial charge in [0.2, 0.25) is 12.2 Å². The zero-order valence-electron chi connectivity index (χ0n) is 16.4. The lowest BCUT2D eigenvalue weighted by atomic mass is 9.95. The smallest absolute Gasteiger partial charge is 0.223 e. The van der Waals surface area contributed by atoms with Gasteiger partial charge in [-0.25, -0.2) is 0 Å². The SMILES string of the molecule is CC(=O)NC1C(Oc2ccccc2C)OC2COC(c3ccccc3)OC2C1O. The number of aliphatic hydroxyl groups is 1. The molecule has 154 valence electrons. The molecule has 2 aromatic carbocycles. The van der Waals surface area contributed by atoms with E-state index in [1.807, 2.05) is 61.5 Å². The Morgan fingerprint density at radius 3 is 2.55 bits per heavy atom. The van der Waals surface area contributed by atoms with Crippen molar-refractivity contribution in [3.63, 3.8) is 0 Å². The number of para-hydroxylation sites is 1. The van der Waals surface area contributed by atoms with Crippen molar-refractivity contribution in [2.75, 3.05) is 6.61 Å². The summed E-state index contributed by atoms with van der Waals surface area (Å²) in [6.07, 6.45) is -3.70. The number of ether oxygens (including phenoxy) is 4. The Morgan fingerprint density at radius 2 is 1.83 bits per heavy atom. The Kier molecular flexibility index (Phi) is 5.82. The lowest BCUT2D eigenvalue weighted by molar-refractivity contribution is -0.333. The first-order valence-electron chi connectivity index (χ1n) is 9.68. The van der Waals surface area contributed by atoms with Crippen molar-refractivity contribution in [1.29, 1.82) is 0 Å². The first kappa shape index (κ1) is 19.8. The van der Waals surface area contributed by atoms with E-state index in [0.29, 0.717) is 5.75 Å². The molecule has 7 nitrogen and oxygen atoms in total. The third kappa shape index (κ3) is 4.28. The Morgan fingerprint density at radius 1 is 1.10 bits per heavy atom. The second-order valence-electron chi connectivity index (χ2n) is 7.32. The maximum Gasteiger partial charge on any atom is 0.223 e. The normalized spacial score (nSPS) is 31.6. The second kappa shape index (κ2) is 8.51. The van der Waals surface area contributed by atoms with E-state index in [1.165, 1.54) is 6.92 Å². The van der Waals surface area contributed by atoms with Crippen LogP contribution in [0.2, 0.25) is 0 Å². The number of aliphatic hydroxyl groups excluding tert-OH is 1. The summed E-state index contributed by atoms with van der Waals surface area (Å²) >= 11 is 0. The third-order valence-corrected chi connectivity index (χ3v) is 5.14. The number of carbonyl (C=O) groups is 1. The Hall–Kier alpha value is -2.45. The van der Waals surface area contributed by atoms with E-state index in [-0.39, 0.29) is 12.5 Å². The van der Waals surface area contributed by atoms with Gasteiger partial charge in [0.15, 0.2) is 6.29 Å². The van der Waals surface area contributed by atoms with Crippen molar-refractivity contribution in [1.82, 2.24) is 5.32 Å². The summed E-state index contributed by atoms with van der Waals surface area (Å²) in [6, 6.07) is 16.2. The summed E-state index contributed by atoms with van der Waals surface area (Å²) in [4.78, 5) is 11.8. The standard InChI is InChI=1S/C22H25NO6/c1-13-8-6-7-11-16(13)27-22-18(23-14(2)24)19(25)20-17(28-22)12-26-21(29-20)15-9-4-3-5-10-15/h3-11,17-22,25H,12H2,1-2H3,(H,23,24). The van der Waals surface area contributed by atoms with Crippen molar-refractivity contribution in [3.05, 3.63) is 65.7 Å². The van der Waals surface area contributed by atoms with Crippen molar-refractivity contribution in [2.24, 2.45) is 0 Å². The highest BCUT2D eigenvalue weighted by atomic mass is 16.7. The molecule has 0 aliphatic carbocycles. The predicted molar refractivity (Wildman–Crippen MR) is 104 cm³/mol. The summed E-state index contributed by atoms with van der Waals surface area (Å²) < 4.78 is 23.9. The van der Waals surface area contributed by atoms with Gasteiger partial charge in [-0.2, -0.15) is 0 Å². The molecule has 2 fully saturated rings. The Balaban J connectivity index is 1.55. The Labute approximate surface area is 169 Å². The first-order valence-corrected chi connectivity index (χ1v) is 9.68. The summed E-state index contributed by atoms with van der Waals surface area (Å²) in [5.41, 5.74) is 1.78. The van der Waals surface area contributed by atoms with E-state index in [4.69, 9.17) is 18.9 Å². The van der Waals surface area contributed by atoms with Crippen LogP contribution in [-0.4, -0.2) is 48.3 Å². The fourth-order valence-electron chi connectivity index (χ4n) is 3.67. The van der Waals surface area contributed by atoms with Crippen LogP contribution in [0.1, 0.15) is 24.3 Å². The molecule has 6 atom stereocenters. The molecular formula is C22H25NO6. The van der Waals surface area contributed by atoms with Crippen molar-refractivity contribution in [2.45, 2.75) is 50.8 Å². The van der Waals surface area contributed by atoms with Gasteiger partial charge < -0.3 is 29.4 Å². The first-order chi connectivity index (χ1) is 14.0.